The van der Waals surface area contributed by atoms with E-state index in [1.165, 1.54) is 0 Å². The number of piperidine rings is 1. The second-order valence-corrected chi connectivity index (χ2v) is 5.17. The van der Waals surface area contributed by atoms with E-state index in [2.05, 4.69) is 0 Å². The fraction of sp³-hybridized carbons (Fsp3) is 0.846. The molecule has 0 spiro atoms. The molecule has 2 aliphatic heterocycles. The van der Waals surface area contributed by atoms with E-state index in [1.807, 2.05) is 9.80 Å². The number of carbonyl (C=O) groups is 2. The largest absolute Gasteiger partial charge is 0.378 e. The highest BCUT2D eigenvalue weighted by Gasteiger charge is 2.26. The van der Waals surface area contributed by atoms with Crippen molar-refractivity contribution in [1.82, 2.24) is 9.80 Å². The summed E-state index contributed by atoms with van der Waals surface area (Å²) in [6, 6.07) is 0. The fourth-order valence-corrected chi connectivity index (χ4v) is 2.71. The first-order valence-electron chi connectivity index (χ1n) is 6.78. The van der Waals surface area contributed by atoms with Gasteiger partial charge in [-0.25, -0.2) is 0 Å². The van der Waals surface area contributed by atoms with E-state index in [0.29, 0.717) is 38.6 Å². The average Bonchev–Trinajstić information content (AvgIpc) is 2.40. The number of likely N-dealkylation sites (tertiary alicyclic amines) is 1. The number of carbonyl (C=O) groups excluding carboxylic acids is 2. The molecule has 5 heteroatoms. The van der Waals surface area contributed by atoms with Gasteiger partial charge < -0.3 is 14.5 Å². The maximum Gasteiger partial charge on any atom is 0.223 e. The van der Waals surface area contributed by atoms with Crippen molar-refractivity contribution in [3.63, 3.8) is 0 Å². The van der Waals surface area contributed by atoms with Gasteiger partial charge in [-0.15, -0.1) is 0 Å². The molecule has 2 rings (SSSR count). The quantitative estimate of drug-likeness (QED) is 0.721. The van der Waals surface area contributed by atoms with Crippen LogP contribution in [0, 0.1) is 5.92 Å². The molecule has 1 unspecified atom stereocenters. The van der Waals surface area contributed by atoms with Crippen LogP contribution in [0.5, 0.6) is 0 Å². The van der Waals surface area contributed by atoms with Gasteiger partial charge in [-0.05, 0) is 18.8 Å². The minimum atomic E-state index is 0.124. The summed E-state index contributed by atoms with van der Waals surface area (Å²) in [7, 11) is 0. The van der Waals surface area contributed by atoms with E-state index in [-0.39, 0.29) is 11.8 Å². The molecule has 2 heterocycles. The van der Waals surface area contributed by atoms with Gasteiger partial charge in [0.05, 0.1) is 13.2 Å². The number of amides is 2. The Kier molecular flexibility index (Phi) is 4.58. The van der Waals surface area contributed by atoms with Crippen molar-refractivity contribution in [1.29, 1.82) is 0 Å². The Morgan fingerprint density at radius 1 is 1.17 bits per heavy atom. The standard InChI is InChI=1S/C13H22N2O3/c1-11(16)15-4-2-3-12(10-15)9-13(17)14-5-7-18-8-6-14/h12H,2-10H2,1H3. The van der Waals surface area contributed by atoms with Gasteiger partial charge in [0.2, 0.25) is 11.8 Å². The predicted molar refractivity (Wildman–Crippen MR) is 67.0 cm³/mol. The van der Waals surface area contributed by atoms with Gasteiger partial charge in [0.15, 0.2) is 0 Å². The normalized spacial score (nSPS) is 25.1. The molecule has 0 aromatic heterocycles. The Balaban J connectivity index is 1.81. The Hall–Kier alpha value is -1.10. The highest BCUT2D eigenvalue weighted by molar-refractivity contribution is 5.77. The third-order valence-electron chi connectivity index (χ3n) is 3.79. The molecule has 18 heavy (non-hydrogen) atoms. The van der Waals surface area contributed by atoms with Crippen molar-refractivity contribution in [2.75, 3.05) is 39.4 Å². The summed E-state index contributed by atoms with van der Waals surface area (Å²) < 4.78 is 5.24. The lowest BCUT2D eigenvalue weighted by molar-refractivity contribution is -0.138. The van der Waals surface area contributed by atoms with Gasteiger partial charge in [0.1, 0.15) is 0 Å². The second kappa shape index (κ2) is 6.18. The Labute approximate surface area is 108 Å². The summed E-state index contributed by atoms with van der Waals surface area (Å²) in [5.74, 6) is 0.671. The summed E-state index contributed by atoms with van der Waals surface area (Å²) in [6.45, 7) is 5.91. The third-order valence-corrected chi connectivity index (χ3v) is 3.79. The molecule has 0 N–H and O–H groups in total. The molecule has 2 fully saturated rings. The molecule has 2 saturated heterocycles. The SMILES string of the molecule is CC(=O)N1CCCC(CC(=O)N2CCOCC2)C1. The van der Waals surface area contributed by atoms with Gasteiger partial charge in [0.25, 0.3) is 0 Å². The molecule has 5 nitrogen and oxygen atoms in total. The van der Waals surface area contributed by atoms with Crippen molar-refractivity contribution in [3.8, 4) is 0 Å². The van der Waals surface area contributed by atoms with Crippen LogP contribution in [-0.4, -0.2) is 61.0 Å². The van der Waals surface area contributed by atoms with E-state index in [1.54, 1.807) is 6.92 Å². The van der Waals surface area contributed by atoms with Crippen LogP contribution in [-0.2, 0) is 14.3 Å². The molecule has 0 aromatic carbocycles. The van der Waals surface area contributed by atoms with Gasteiger partial charge in [0, 0.05) is 39.5 Å². The van der Waals surface area contributed by atoms with Gasteiger partial charge in [-0.2, -0.15) is 0 Å². The van der Waals surface area contributed by atoms with Gasteiger partial charge in [-0.3, -0.25) is 9.59 Å². The van der Waals surface area contributed by atoms with Crippen molar-refractivity contribution >= 4 is 11.8 Å². The topological polar surface area (TPSA) is 49.9 Å². The monoisotopic (exact) mass is 254 g/mol. The van der Waals surface area contributed by atoms with E-state index < -0.39 is 0 Å². The minimum Gasteiger partial charge on any atom is -0.378 e. The lowest BCUT2D eigenvalue weighted by atomic mass is 9.94. The number of hydrogen-bond acceptors (Lipinski definition) is 3. The van der Waals surface area contributed by atoms with Crippen molar-refractivity contribution in [2.45, 2.75) is 26.2 Å². The average molecular weight is 254 g/mol. The molecule has 102 valence electrons. The minimum absolute atomic E-state index is 0.124. The van der Waals surface area contributed by atoms with Gasteiger partial charge >= 0.3 is 0 Å². The molecule has 2 amide bonds. The predicted octanol–water partition coefficient (Wildman–Crippen LogP) is 0.494. The van der Waals surface area contributed by atoms with Crippen LogP contribution >= 0.6 is 0 Å². The van der Waals surface area contributed by atoms with Crippen molar-refractivity contribution in [3.05, 3.63) is 0 Å². The van der Waals surface area contributed by atoms with Crippen LogP contribution < -0.4 is 0 Å². The molecule has 2 aliphatic rings. The van der Waals surface area contributed by atoms with E-state index in [4.69, 9.17) is 4.74 Å². The molecule has 1 atom stereocenters. The summed E-state index contributed by atoms with van der Waals surface area (Å²) in [4.78, 5) is 27.2. The third kappa shape index (κ3) is 3.45. The molecule has 0 aromatic rings. The zero-order valence-corrected chi connectivity index (χ0v) is 11.1. The maximum atomic E-state index is 12.1. The lowest BCUT2D eigenvalue weighted by Gasteiger charge is -2.33. The number of nitrogens with zero attached hydrogens (tertiary/aromatic N) is 2. The van der Waals surface area contributed by atoms with Crippen LogP contribution in [0.3, 0.4) is 0 Å². The van der Waals surface area contributed by atoms with Crippen LogP contribution in [0.1, 0.15) is 26.2 Å². The molecule has 0 radical (unpaired) electrons. The summed E-state index contributed by atoms with van der Waals surface area (Å²) in [6.07, 6.45) is 2.64. The van der Waals surface area contributed by atoms with Crippen LogP contribution in [0.4, 0.5) is 0 Å². The Morgan fingerprint density at radius 2 is 1.89 bits per heavy atom. The maximum absolute atomic E-state index is 12.1. The second-order valence-electron chi connectivity index (χ2n) is 5.17. The van der Waals surface area contributed by atoms with Crippen LogP contribution in [0.25, 0.3) is 0 Å². The first kappa shape index (κ1) is 13.3. The fourth-order valence-electron chi connectivity index (χ4n) is 2.71. The zero-order chi connectivity index (χ0) is 13.0. The smallest absolute Gasteiger partial charge is 0.223 e. The number of morpholine rings is 1. The molecule has 0 bridgehead atoms. The number of hydrogen-bond donors (Lipinski definition) is 0. The van der Waals surface area contributed by atoms with Crippen LogP contribution in [0.15, 0.2) is 0 Å². The van der Waals surface area contributed by atoms with Crippen LogP contribution in [0.2, 0.25) is 0 Å². The molecular weight excluding hydrogens is 232 g/mol. The zero-order valence-electron chi connectivity index (χ0n) is 11.1. The van der Waals surface area contributed by atoms with E-state index in [0.717, 1.165) is 25.9 Å². The van der Waals surface area contributed by atoms with Crippen molar-refractivity contribution in [2.24, 2.45) is 5.92 Å². The molecule has 0 aliphatic carbocycles. The highest BCUT2D eigenvalue weighted by atomic mass is 16.5. The summed E-state index contributed by atoms with van der Waals surface area (Å²) >= 11 is 0. The first-order valence-corrected chi connectivity index (χ1v) is 6.78. The number of rotatable bonds is 2. The lowest BCUT2D eigenvalue weighted by Crippen LogP contribution is -2.44. The first-order chi connectivity index (χ1) is 8.66. The van der Waals surface area contributed by atoms with E-state index >= 15 is 0 Å². The summed E-state index contributed by atoms with van der Waals surface area (Å²) in [5, 5.41) is 0. The Bertz CT molecular complexity index is 313. The molecular formula is C13H22N2O3. The highest BCUT2D eigenvalue weighted by Crippen LogP contribution is 2.20. The van der Waals surface area contributed by atoms with Crippen molar-refractivity contribution < 1.29 is 14.3 Å². The summed E-state index contributed by atoms with van der Waals surface area (Å²) in [5.41, 5.74) is 0. The van der Waals surface area contributed by atoms with E-state index in [9.17, 15) is 9.59 Å². The van der Waals surface area contributed by atoms with Gasteiger partial charge in [-0.1, -0.05) is 0 Å². The molecule has 0 saturated carbocycles. The number of ether oxygens (including phenoxy) is 1. The Morgan fingerprint density at radius 3 is 2.56 bits per heavy atom.